The number of sulfonamides is 1. The summed E-state index contributed by atoms with van der Waals surface area (Å²) >= 11 is 0. The van der Waals surface area contributed by atoms with Crippen LogP contribution in [0.5, 0.6) is 0 Å². The molecule has 2 aromatic rings. The van der Waals surface area contributed by atoms with E-state index in [1.165, 1.54) is 0 Å². The Hall–Kier alpha value is -1.69. The monoisotopic (exact) mass is 319 g/mol. The molecule has 1 unspecified atom stereocenters. The summed E-state index contributed by atoms with van der Waals surface area (Å²) in [7, 11) is -3.62. The predicted molar refractivity (Wildman–Crippen MR) is 87.1 cm³/mol. The lowest BCUT2D eigenvalue weighted by atomic mass is 10.0. The summed E-state index contributed by atoms with van der Waals surface area (Å²) < 4.78 is 26.9. The van der Waals surface area contributed by atoms with Crippen molar-refractivity contribution in [2.75, 3.05) is 6.54 Å². The van der Waals surface area contributed by atoms with E-state index < -0.39 is 16.1 Å². The molecule has 0 aromatic heterocycles. The van der Waals surface area contributed by atoms with E-state index in [4.69, 9.17) is 0 Å². The molecule has 0 spiro atoms. The van der Waals surface area contributed by atoms with Gasteiger partial charge in [-0.2, -0.15) is 0 Å². The van der Waals surface area contributed by atoms with E-state index >= 15 is 0 Å². The van der Waals surface area contributed by atoms with Gasteiger partial charge in [-0.3, -0.25) is 0 Å². The molecule has 1 atom stereocenters. The first kappa shape index (κ1) is 16.7. The number of hydrogen-bond acceptors (Lipinski definition) is 3. The first-order valence-corrected chi connectivity index (χ1v) is 8.71. The van der Waals surface area contributed by atoms with Crippen molar-refractivity contribution in [2.45, 2.75) is 30.8 Å². The Morgan fingerprint density at radius 1 is 0.955 bits per heavy atom. The van der Waals surface area contributed by atoms with Gasteiger partial charge in [0.05, 0.1) is 11.0 Å². The average molecular weight is 319 g/mol. The molecular formula is C17H21NO3S. The summed E-state index contributed by atoms with van der Waals surface area (Å²) in [4.78, 5) is 0.206. The third-order valence-corrected chi connectivity index (χ3v) is 4.95. The van der Waals surface area contributed by atoms with Crippen LogP contribution in [0, 0.1) is 0 Å². The summed E-state index contributed by atoms with van der Waals surface area (Å²) in [6.07, 6.45) is -0.870. The zero-order valence-corrected chi connectivity index (χ0v) is 13.5. The molecule has 0 aliphatic carbocycles. The van der Waals surface area contributed by atoms with Crippen molar-refractivity contribution in [3.8, 4) is 0 Å². The van der Waals surface area contributed by atoms with Crippen molar-refractivity contribution in [1.82, 2.24) is 4.72 Å². The Kier molecular flexibility index (Phi) is 5.34. The second-order valence-electron chi connectivity index (χ2n) is 5.50. The molecule has 0 aliphatic heterocycles. The van der Waals surface area contributed by atoms with Gasteiger partial charge in [0.1, 0.15) is 0 Å². The Labute approximate surface area is 131 Å². The van der Waals surface area contributed by atoms with Crippen LogP contribution in [-0.4, -0.2) is 20.1 Å². The second-order valence-corrected chi connectivity index (χ2v) is 7.27. The Bertz CT molecular complexity index is 694. The van der Waals surface area contributed by atoms with E-state index in [0.29, 0.717) is 11.5 Å². The summed E-state index contributed by atoms with van der Waals surface area (Å²) in [5, 5.41) is 10.0. The summed E-state index contributed by atoms with van der Waals surface area (Å²) in [5.74, 6) is 0.351. The smallest absolute Gasteiger partial charge is 0.240 e. The van der Waals surface area contributed by atoms with Gasteiger partial charge in [-0.05, 0) is 29.2 Å². The van der Waals surface area contributed by atoms with Crippen LogP contribution in [0.2, 0.25) is 0 Å². The van der Waals surface area contributed by atoms with Crippen LogP contribution in [0.1, 0.15) is 37.0 Å². The van der Waals surface area contributed by atoms with Gasteiger partial charge in [0.25, 0.3) is 0 Å². The first-order chi connectivity index (χ1) is 10.4. The summed E-state index contributed by atoms with van der Waals surface area (Å²) in [6.45, 7) is 4.05. The standard InChI is InChI=1S/C17H21NO3S/c1-13(2)14-8-10-16(11-9-14)22(20,21)18-12-17(19)15-6-4-3-5-7-15/h3-11,13,17-19H,12H2,1-2H3. The lowest BCUT2D eigenvalue weighted by molar-refractivity contribution is 0.182. The molecule has 5 heteroatoms. The minimum atomic E-state index is -3.62. The fourth-order valence-electron chi connectivity index (χ4n) is 2.10. The zero-order chi connectivity index (χ0) is 16.2. The largest absolute Gasteiger partial charge is 0.387 e. The maximum atomic E-state index is 12.2. The topological polar surface area (TPSA) is 66.4 Å². The van der Waals surface area contributed by atoms with Gasteiger partial charge in [0, 0.05) is 6.54 Å². The molecule has 118 valence electrons. The predicted octanol–water partition coefficient (Wildman–Crippen LogP) is 2.82. The Balaban J connectivity index is 2.05. The van der Waals surface area contributed by atoms with Crippen LogP contribution in [0.4, 0.5) is 0 Å². The molecule has 0 saturated carbocycles. The maximum absolute atomic E-state index is 12.2. The fraction of sp³-hybridized carbons (Fsp3) is 0.294. The highest BCUT2D eigenvalue weighted by Crippen LogP contribution is 2.18. The summed E-state index contributed by atoms with van der Waals surface area (Å²) in [6, 6.07) is 15.8. The molecule has 0 saturated heterocycles. The number of benzene rings is 2. The lowest BCUT2D eigenvalue weighted by Gasteiger charge is -2.13. The molecule has 2 aromatic carbocycles. The SMILES string of the molecule is CC(C)c1ccc(S(=O)(=O)NCC(O)c2ccccc2)cc1. The van der Waals surface area contributed by atoms with E-state index in [2.05, 4.69) is 18.6 Å². The maximum Gasteiger partial charge on any atom is 0.240 e. The van der Waals surface area contributed by atoms with Crippen LogP contribution >= 0.6 is 0 Å². The molecule has 2 N–H and O–H groups in total. The quantitative estimate of drug-likeness (QED) is 0.860. The molecule has 0 aliphatic rings. The third kappa shape index (κ3) is 4.16. The van der Waals surface area contributed by atoms with Gasteiger partial charge in [-0.15, -0.1) is 0 Å². The van der Waals surface area contributed by atoms with Crippen LogP contribution in [0.15, 0.2) is 59.5 Å². The first-order valence-electron chi connectivity index (χ1n) is 7.23. The van der Waals surface area contributed by atoms with Crippen LogP contribution in [0.25, 0.3) is 0 Å². The van der Waals surface area contributed by atoms with Gasteiger partial charge >= 0.3 is 0 Å². The van der Waals surface area contributed by atoms with Gasteiger partial charge in [-0.1, -0.05) is 56.3 Å². The van der Waals surface area contributed by atoms with E-state index in [9.17, 15) is 13.5 Å². The second kappa shape index (κ2) is 7.05. The van der Waals surface area contributed by atoms with Gasteiger partial charge in [-0.25, -0.2) is 13.1 Å². The highest BCUT2D eigenvalue weighted by atomic mass is 32.2. The highest BCUT2D eigenvalue weighted by molar-refractivity contribution is 7.89. The molecule has 0 bridgehead atoms. The van der Waals surface area contributed by atoms with Crippen molar-refractivity contribution in [2.24, 2.45) is 0 Å². The van der Waals surface area contributed by atoms with Crippen molar-refractivity contribution in [3.63, 3.8) is 0 Å². The zero-order valence-electron chi connectivity index (χ0n) is 12.7. The van der Waals surface area contributed by atoms with Crippen molar-refractivity contribution >= 4 is 10.0 Å². The number of hydrogen-bond donors (Lipinski definition) is 2. The van der Waals surface area contributed by atoms with Gasteiger partial charge < -0.3 is 5.11 Å². The van der Waals surface area contributed by atoms with E-state index in [1.54, 1.807) is 36.4 Å². The van der Waals surface area contributed by atoms with Crippen LogP contribution in [0.3, 0.4) is 0 Å². The van der Waals surface area contributed by atoms with E-state index in [-0.39, 0.29) is 11.4 Å². The third-order valence-electron chi connectivity index (χ3n) is 3.51. The van der Waals surface area contributed by atoms with Crippen LogP contribution < -0.4 is 4.72 Å². The van der Waals surface area contributed by atoms with E-state index in [1.807, 2.05) is 18.2 Å². The molecule has 0 fully saturated rings. The number of nitrogens with one attached hydrogen (secondary N) is 1. The van der Waals surface area contributed by atoms with Gasteiger partial charge in [0.2, 0.25) is 10.0 Å². The van der Waals surface area contributed by atoms with E-state index in [0.717, 1.165) is 5.56 Å². The molecule has 4 nitrogen and oxygen atoms in total. The lowest BCUT2D eigenvalue weighted by Crippen LogP contribution is -2.28. The molecule has 0 heterocycles. The van der Waals surface area contributed by atoms with Crippen molar-refractivity contribution in [1.29, 1.82) is 0 Å². The van der Waals surface area contributed by atoms with Crippen molar-refractivity contribution in [3.05, 3.63) is 65.7 Å². The number of aliphatic hydroxyl groups excluding tert-OH is 1. The molecule has 0 radical (unpaired) electrons. The normalized spacial score (nSPS) is 13.3. The highest BCUT2D eigenvalue weighted by Gasteiger charge is 2.16. The van der Waals surface area contributed by atoms with Gasteiger partial charge in [0.15, 0.2) is 0 Å². The summed E-state index contributed by atoms with van der Waals surface area (Å²) in [5.41, 5.74) is 1.77. The number of rotatable bonds is 6. The fourth-order valence-corrected chi connectivity index (χ4v) is 3.14. The molecule has 2 rings (SSSR count). The molecule has 22 heavy (non-hydrogen) atoms. The minimum absolute atomic E-state index is 0.0573. The van der Waals surface area contributed by atoms with Crippen molar-refractivity contribution < 1.29 is 13.5 Å². The average Bonchev–Trinajstić information content (AvgIpc) is 2.53. The minimum Gasteiger partial charge on any atom is -0.387 e. The molecular weight excluding hydrogens is 298 g/mol. The number of aliphatic hydroxyl groups is 1. The molecule has 0 amide bonds. The Morgan fingerprint density at radius 3 is 2.09 bits per heavy atom. The Morgan fingerprint density at radius 2 is 1.55 bits per heavy atom. The van der Waals surface area contributed by atoms with Crippen LogP contribution in [-0.2, 0) is 10.0 Å².